The highest BCUT2D eigenvalue weighted by molar-refractivity contribution is 5.96. The molecule has 2 fully saturated rings. The third kappa shape index (κ3) is 6.99. The minimum Gasteiger partial charge on any atom is -0.493 e. The topological polar surface area (TPSA) is 96.1 Å². The molecule has 0 saturated carbocycles. The second-order valence-corrected chi connectivity index (χ2v) is 13.2. The summed E-state index contributed by atoms with van der Waals surface area (Å²) in [5, 5.41) is 0. The van der Waals surface area contributed by atoms with Gasteiger partial charge in [-0.15, -0.1) is 0 Å². The second kappa shape index (κ2) is 14.7. The van der Waals surface area contributed by atoms with Crippen molar-refractivity contribution < 1.29 is 19.0 Å². The first-order valence-electron chi connectivity index (χ1n) is 16.9. The molecule has 4 aromatic rings. The van der Waals surface area contributed by atoms with Crippen LogP contribution in [0.25, 0.3) is 11.0 Å². The Labute approximate surface area is 283 Å². The average molecular weight is 653 g/mol. The molecule has 6 rings (SSSR count). The van der Waals surface area contributed by atoms with Gasteiger partial charge in [0.2, 0.25) is 11.7 Å². The molecule has 4 heterocycles. The van der Waals surface area contributed by atoms with E-state index in [4.69, 9.17) is 19.2 Å². The molecule has 10 heteroatoms. The molecule has 2 saturated heterocycles. The number of rotatable bonds is 12. The number of aromatic nitrogens is 3. The number of likely N-dealkylation sites (tertiary alicyclic amines) is 2. The zero-order chi connectivity index (χ0) is 33.7. The summed E-state index contributed by atoms with van der Waals surface area (Å²) in [5.74, 6) is 2.34. The van der Waals surface area contributed by atoms with Crippen LogP contribution in [0.1, 0.15) is 55.5 Å². The van der Waals surface area contributed by atoms with E-state index >= 15 is 0 Å². The number of carbonyl (C=O) groups is 1. The van der Waals surface area contributed by atoms with Gasteiger partial charge in [0.15, 0.2) is 11.5 Å². The van der Waals surface area contributed by atoms with E-state index in [2.05, 4.69) is 70.0 Å². The van der Waals surface area contributed by atoms with Crippen molar-refractivity contribution in [2.24, 2.45) is 0 Å². The van der Waals surface area contributed by atoms with Crippen LogP contribution in [0, 0.1) is 0 Å². The van der Waals surface area contributed by atoms with E-state index in [0.29, 0.717) is 41.9 Å². The van der Waals surface area contributed by atoms with Gasteiger partial charge in [-0.1, -0.05) is 23.8 Å². The van der Waals surface area contributed by atoms with Crippen LogP contribution in [0.5, 0.6) is 17.2 Å². The lowest BCUT2D eigenvalue weighted by Crippen LogP contribution is -2.47. The number of benzene rings is 2. The number of pyridine rings is 1. The molecule has 2 aromatic heterocycles. The quantitative estimate of drug-likeness (QED) is 0.184. The van der Waals surface area contributed by atoms with E-state index in [1.165, 1.54) is 11.1 Å². The number of piperidine rings is 1. The number of ether oxygens (including phenoxy) is 3. The number of anilines is 1. The van der Waals surface area contributed by atoms with Crippen molar-refractivity contribution in [3.8, 4) is 17.2 Å². The number of carbonyl (C=O) groups excluding carboxylic acids is 1. The number of nitrogens with zero attached hydrogens (tertiary/aromatic N) is 5. The molecule has 0 spiro atoms. The van der Waals surface area contributed by atoms with Gasteiger partial charge in [0, 0.05) is 62.1 Å². The van der Waals surface area contributed by atoms with Crippen molar-refractivity contribution >= 4 is 22.9 Å². The molecule has 1 amide bonds. The third-order valence-electron chi connectivity index (χ3n) is 10.1. The summed E-state index contributed by atoms with van der Waals surface area (Å²) in [6, 6.07) is 16.4. The van der Waals surface area contributed by atoms with Crippen LogP contribution in [-0.4, -0.2) is 97.3 Å². The molecular formula is C38H48N6O4. The van der Waals surface area contributed by atoms with Crippen LogP contribution in [0.2, 0.25) is 0 Å². The number of methoxy groups -OCH3 is 3. The first-order chi connectivity index (χ1) is 23.3. The fraction of sp³-hybridized carbons (Fsp3) is 0.447. The van der Waals surface area contributed by atoms with Crippen molar-refractivity contribution in [2.75, 3.05) is 65.5 Å². The van der Waals surface area contributed by atoms with Gasteiger partial charge in [-0.2, -0.15) is 0 Å². The molecule has 254 valence electrons. The normalized spacial score (nSPS) is 18.6. The maximum Gasteiger partial charge on any atom is 0.254 e. The maximum atomic E-state index is 13.9. The van der Waals surface area contributed by atoms with Crippen molar-refractivity contribution in [3.05, 3.63) is 83.7 Å². The number of hydrogen-bond donors (Lipinski definition) is 1. The fourth-order valence-corrected chi connectivity index (χ4v) is 7.31. The van der Waals surface area contributed by atoms with E-state index < -0.39 is 0 Å². The molecule has 1 unspecified atom stereocenters. The Hall–Kier alpha value is -4.57. The highest BCUT2D eigenvalue weighted by atomic mass is 16.5. The highest BCUT2D eigenvalue weighted by Gasteiger charge is 2.42. The van der Waals surface area contributed by atoms with Gasteiger partial charge in [-0.05, 0) is 88.0 Å². The number of nitrogens with one attached hydrogen (secondary N) is 1. The molecule has 2 aromatic carbocycles. The number of amides is 1. The minimum atomic E-state index is -0.153. The van der Waals surface area contributed by atoms with Crippen LogP contribution in [0.3, 0.4) is 0 Å². The van der Waals surface area contributed by atoms with Gasteiger partial charge in [-0.25, -0.2) is 4.98 Å². The Kier molecular flexibility index (Phi) is 10.2. The molecule has 2 aliphatic rings. The molecule has 0 bridgehead atoms. The number of para-hydroxylation sites is 2. The number of H-pyrrole nitrogens is 1. The Morgan fingerprint density at radius 1 is 1.00 bits per heavy atom. The van der Waals surface area contributed by atoms with Crippen LogP contribution >= 0.6 is 0 Å². The molecule has 10 nitrogen and oxygen atoms in total. The zero-order valence-corrected chi connectivity index (χ0v) is 28.9. The van der Waals surface area contributed by atoms with Crippen molar-refractivity contribution in [2.45, 2.75) is 51.0 Å². The molecule has 0 aliphatic carbocycles. The first kappa shape index (κ1) is 33.3. The number of allylic oxidation sites excluding steroid dienone is 1. The van der Waals surface area contributed by atoms with E-state index in [9.17, 15) is 4.79 Å². The van der Waals surface area contributed by atoms with Gasteiger partial charge >= 0.3 is 0 Å². The summed E-state index contributed by atoms with van der Waals surface area (Å²) in [6.45, 7) is 9.49. The van der Waals surface area contributed by atoms with Crippen LogP contribution in [0.4, 0.5) is 5.95 Å². The minimum absolute atomic E-state index is 0.0342. The molecular weight excluding hydrogens is 604 g/mol. The van der Waals surface area contributed by atoms with E-state index in [0.717, 1.165) is 68.8 Å². The zero-order valence-electron chi connectivity index (χ0n) is 28.9. The van der Waals surface area contributed by atoms with Gasteiger partial charge in [-0.3, -0.25) is 9.78 Å². The Morgan fingerprint density at radius 3 is 2.35 bits per heavy atom. The lowest BCUT2D eigenvalue weighted by atomic mass is 9.77. The SMILES string of the molecule is COc1cc(C(=O)N2CCC(CCN3CCC(N(CC=C(C)C)c4nc5ccccc5[nH]4)CC3)(c3ccncc3)C2)cc(OC)c1OC. The van der Waals surface area contributed by atoms with Crippen LogP contribution < -0.4 is 19.1 Å². The number of imidazole rings is 1. The Morgan fingerprint density at radius 2 is 1.71 bits per heavy atom. The first-order valence-corrected chi connectivity index (χ1v) is 16.9. The summed E-state index contributed by atoms with van der Waals surface area (Å²) in [6.07, 6.45) is 10.0. The van der Waals surface area contributed by atoms with Crippen molar-refractivity contribution in [3.63, 3.8) is 0 Å². The monoisotopic (exact) mass is 652 g/mol. The highest BCUT2D eigenvalue weighted by Crippen LogP contribution is 2.41. The maximum absolute atomic E-state index is 13.9. The lowest BCUT2D eigenvalue weighted by molar-refractivity contribution is 0.0779. The molecule has 0 radical (unpaired) electrons. The molecule has 1 atom stereocenters. The summed E-state index contributed by atoms with van der Waals surface area (Å²) < 4.78 is 16.5. The standard InChI is InChI=1S/C38H48N6O4/c1-27(2)12-21-44(37-40-31-8-6-7-9-32(31)41-37)30-13-19-42(20-14-30)22-15-38(29-10-17-39-18-11-29)16-23-43(26-38)36(45)28-24-33(46-3)35(48-5)34(25-28)47-4/h6-12,17-18,24-25,30H,13-16,19-23,26H2,1-5H3,(H,40,41). The number of hydrogen-bond acceptors (Lipinski definition) is 8. The van der Waals surface area contributed by atoms with Crippen LogP contribution in [-0.2, 0) is 5.41 Å². The summed E-state index contributed by atoms with van der Waals surface area (Å²) >= 11 is 0. The van der Waals surface area contributed by atoms with Gasteiger partial charge in [0.1, 0.15) is 0 Å². The van der Waals surface area contributed by atoms with Gasteiger partial charge in [0.25, 0.3) is 5.91 Å². The smallest absolute Gasteiger partial charge is 0.254 e. The van der Waals surface area contributed by atoms with E-state index in [1.807, 2.05) is 23.4 Å². The number of fused-ring (bicyclic) bond motifs is 1. The van der Waals surface area contributed by atoms with Gasteiger partial charge < -0.3 is 33.9 Å². The van der Waals surface area contributed by atoms with Crippen molar-refractivity contribution in [1.29, 1.82) is 0 Å². The fourth-order valence-electron chi connectivity index (χ4n) is 7.31. The van der Waals surface area contributed by atoms with E-state index in [1.54, 1.807) is 33.5 Å². The summed E-state index contributed by atoms with van der Waals surface area (Å²) in [4.78, 5) is 33.8. The Bertz CT molecular complexity index is 1670. The average Bonchev–Trinajstić information content (AvgIpc) is 3.76. The second-order valence-electron chi connectivity index (χ2n) is 13.2. The number of aromatic amines is 1. The molecule has 1 N–H and O–H groups in total. The summed E-state index contributed by atoms with van der Waals surface area (Å²) in [7, 11) is 4.70. The summed E-state index contributed by atoms with van der Waals surface area (Å²) in [5.41, 5.74) is 5.00. The Balaban J connectivity index is 1.14. The van der Waals surface area contributed by atoms with Crippen molar-refractivity contribution in [1.82, 2.24) is 24.8 Å². The lowest BCUT2D eigenvalue weighted by Gasteiger charge is -2.39. The van der Waals surface area contributed by atoms with E-state index in [-0.39, 0.29) is 11.3 Å². The molecule has 2 aliphatic heterocycles. The van der Waals surface area contributed by atoms with Gasteiger partial charge in [0.05, 0.1) is 32.4 Å². The predicted molar refractivity (Wildman–Crippen MR) is 189 cm³/mol. The van der Waals surface area contributed by atoms with Crippen LogP contribution in [0.15, 0.2) is 72.6 Å². The third-order valence-corrected chi connectivity index (χ3v) is 10.1. The predicted octanol–water partition coefficient (Wildman–Crippen LogP) is 6.09. The largest absolute Gasteiger partial charge is 0.493 e. The molecule has 48 heavy (non-hydrogen) atoms.